The summed E-state index contributed by atoms with van der Waals surface area (Å²) in [6.45, 7) is 5.54. The number of hydrogen-bond acceptors (Lipinski definition) is 6. The molecule has 2 aromatic heterocycles. The number of nitrogens with zero attached hydrogens (tertiary/aromatic N) is 5. The Morgan fingerprint density at radius 1 is 1.00 bits per heavy atom. The molecule has 1 aliphatic carbocycles. The van der Waals surface area contributed by atoms with Gasteiger partial charge >= 0.3 is 0 Å². The Hall–Kier alpha value is -3.11. The molecule has 3 aromatic rings. The van der Waals surface area contributed by atoms with E-state index >= 15 is 0 Å². The summed E-state index contributed by atoms with van der Waals surface area (Å²) in [5.41, 5.74) is 2.49. The van der Waals surface area contributed by atoms with Crippen LogP contribution in [0.25, 0.3) is 5.95 Å². The van der Waals surface area contributed by atoms with Crippen molar-refractivity contribution in [3.8, 4) is 5.95 Å². The smallest absolute Gasteiger partial charge is 0.256 e. The Morgan fingerprint density at radius 2 is 1.68 bits per heavy atom. The zero-order valence-electron chi connectivity index (χ0n) is 19.9. The van der Waals surface area contributed by atoms with Gasteiger partial charge in [-0.3, -0.25) is 4.79 Å². The molecule has 1 fully saturated rings. The predicted molar refractivity (Wildman–Crippen MR) is 130 cm³/mol. The van der Waals surface area contributed by atoms with E-state index in [-0.39, 0.29) is 16.5 Å². The summed E-state index contributed by atoms with van der Waals surface area (Å²) in [7, 11) is -2.08. The van der Waals surface area contributed by atoms with Gasteiger partial charge in [-0.1, -0.05) is 25.3 Å². The lowest BCUT2D eigenvalue weighted by molar-refractivity contribution is 0.102. The average molecular weight is 483 g/mol. The van der Waals surface area contributed by atoms with Gasteiger partial charge in [0.05, 0.1) is 10.6 Å². The van der Waals surface area contributed by atoms with E-state index in [0.29, 0.717) is 17.5 Å². The minimum atomic E-state index is -3.71. The molecule has 1 saturated carbocycles. The van der Waals surface area contributed by atoms with E-state index in [4.69, 9.17) is 0 Å². The molecular weight excluding hydrogens is 452 g/mol. The van der Waals surface area contributed by atoms with E-state index in [0.717, 1.165) is 43.5 Å². The van der Waals surface area contributed by atoms with Crippen molar-refractivity contribution in [3.63, 3.8) is 0 Å². The van der Waals surface area contributed by atoms with Gasteiger partial charge in [0.2, 0.25) is 10.0 Å². The molecule has 4 rings (SSSR count). The van der Waals surface area contributed by atoms with E-state index in [1.807, 2.05) is 26.8 Å². The van der Waals surface area contributed by atoms with Crippen LogP contribution >= 0.6 is 0 Å². The summed E-state index contributed by atoms with van der Waals surface area (Å²) in [6, 6.07) is 9.70. The van der Waals surface area contributed by atoms with Gasteiger partial charge in [0.1, 0.15) is 5.82 Å². The number of nitrogens with one attached hydrogen (secondary N) is 1. The van der Waals surface area contributed by atoms with Gasteiger partial charge in [0.15, 0.2) is 0 Å². The second-order valence-corrected chi connectivity index (χ2v) is 10.8. The minimum Gasteiger partial charge on any atom is -0.306 e. The van der Waals surface area contributed by atoms with E-state index in [9.17, 15) is 13.2 Å². The van der Waals surface area contributed by atoms with Gasteiger partial charge in [0, 0.05) is 36.1 Å². The number of anilines is 1. The maximum Gasteiger partial charge on any atom is 0.256 e. The van der Waals surface area contributed by atoms with Crippen LogP contribution in [0.4, 0.5) is 5.82 Å². The van der Waals surface area contributed by atoms with E-state index in [1.54, 1.807) is 25.2 Å². The normalized spacial score (nSPS) is 15.0. The van der Waals surface area contributed by atoms with Gasteiger partial charge in [-0.25, -0.2) is 18.4 Å². The number of aromatic nitrogens is 4. The fourth-order valence-corrected chi connectivity index (χ4v) is 5.80. The molecule has 34 heavy (non-hydrogen) atoms. The van der Waals surface area contributed by atoms with E-state index in [1.165, 1.54) is 21.1 Å². The molecule has 1 amide bonds. The van der Waals surface area contributed by atoms with Crippen molar-refractivity contribution < 1.29 is 13.2 Å². The van der Waals surface area contributed by atoms with E-state index in [2.05, 4.69) is 20.4 Å². The van der Waals surface area contributed by atoms with Gasteiger partial charge in [0.25, 0.3) is 11.9 Å². The van der Waals surface area contributed by atoms with Crippen LogP contribution in [0.5, 0.6) is 0 Å². The summed E-state index contributed by atoms with van der Waals surface area (Å²) in [5.74, 6) is 0.314. The topological polar surface area (TPSA) is 110 Å². The number of rotatable bonds is 6. The summed E-state index contributed by atoms with van der Waals surface area (Å²) in [5, 5.41) is 7.25. The first-order valence-corrected chi connectivity index (χ1v) is 12.9. The van der Waals surface area contributed by atoms with Crippen molar-refractivity contribution in [1.82, 2.24) is 24.1 Å². The van der Waals surface area contributed by atoms with Crippen LogP contribution in [0.15, 0.2) is 41.3 Å². The van der Waals surface area contributed by atoms with Gasteiger partial charge in [-0.2, -0.15) is 14.1 Å². The summed E-state index contributed by atoms with van der Waals surface area (Å²) < 4.78 is 29.4. The number of aryl methyl sites for hydroxylation is 3. The monoisotopic (exact) mass is 482 g/mol. The van der Waals surface area contributed by atoms with Crippen LogP contribution in [0.3, 0.4) is 0 Å². The van der Waals surface area contributed by atoms with Crippen LogP contribution in [-0.4, -0.2) is 51.5 Å². The molecule has 1 N–H and O–H groups in total. The van der Waals surface area contributed by atoms with Crippen molar-refractivity contribution in [1.29, 1.82) is 0 Å². The molecule has 0 spiro atoms. The molecule has 0 bridgehead atoms. The van der Waals surface area contributed by atoms with Crippen molar-refractivity contribution in [3.05, 3.63) is 59.0 Å². The third-order valence-electron chi connectivity index (χ3n) is 6.10. The molecule has 9 nitrogen and oxygen atoms in total. The zero-order chi connectivity index (χ0) is 24.5. The molecule has 2 heterocycles. The van der Waals surface area contributed by atoms with Gasteiger partial charge < -0.3 is 5.32 Å². The van der Waals surface area contributed by atoms with Crippen molar-refractivity contribution >= 4 is 21.7 Å². The summed E-state index contributed by atoms with van der Waals surface area (Å²) >= 11 is 0. The highest BCUT2D eigenvalue weighted by Crippen LogP contribution is 2.27. The molecule has 180 valence electrons. The molecule has 0 radical (unpaired) electrons. The molecule has 0 aliphatic heterocycles. The molecule has 0 atom stereocenters. The number of amides is 1. The largest absolute Gasteiger partial charge is 0.306 e. The standard InChI is InChI=1S/C24H30N6O3S/c1-16-13-17(2)26-24(25-16)30-22(14-18(3)28-30)27-23(31)19-9-8-12-21(15-19)34(32,33)29(4)20-10-6-5-7-11-20/h8-9,12-15,20H,5-7,10-11H2,1-4H3,(H,27,31). The van der Waals surface area contributed by atoms with E-state index < -0.39 is 15.9 Å². The predicted octanol–water partition coefficient (Wildman–Crippen LogP) is 3.79. The quantitative estimate of drug-likeness (QED) is 0.572. The molecule has 0 unspecified atom stereocenters. The zero-order valence-corrected chi connectivity index (χ0v) is 20.8. The first-order chi connectivity index (χ1) is 16.1. The molecule has 0 saturated heterocycles. The fraction of sp³-hybridized carbons (Fsp3) is 0.417. The number of benzene rings is 1. The van der Waals surface area contributed by atoms with Crippen LogP contribution in [0.1, 0.15) is 59.5 Å². The SMILES string of the molecule is Cc1cc(C)nc(-n2nc(C)cc2NC(=O)c2cccc(S(=O)(=O)N(C)C3CCCCC3)c2)n1. The molecule has 1 aliphatic rings. The van der Waals surface area contributed by atoms with Crippen molar-refractivity contribution in [2.75, 3.05) is 12.4 Å². The highest BCUT2D eigenvalue weighted by Gasteiger charge is 2.29. The number of carbonyl (C=O) groups excluding carboxylic acids is 1. The fourth-order valence-electron chi connectivity index (χ4n) is 4.34. The molecule has 1 aromatic carbocycles. The summed E-state index contributed by atoms with van der Waals surface area (Å²) in [4.78, 5) is 22.0. The Labute approximate surface area is 200 Å². The molecule has 10 heteroatoms. The number of hydrogen-bond donors (Lipinski definition) is 1. The number of sulfonamides is 1. The lowest BCUT2D eigenvalue weighted by Gasteiger charge is -2.30. The average Bonchev–Trinajstić information content (AvgIpc) is 3.18. The lowest BCUT2D eigenvalue weighted by atomic mass is 9.96. The Morgan fingerprint density at radius 3 is 2.35 bits per heavy atom. The highest BCUT2D eigenvalue weighted by molar-refractivity contribution is 7.89. The minimum absolute atomic E-state index is 0.00801. The lowest BCUT2D eigenvalue weighted by Crippen LogP contribution is -2.38. The molecular formula is C24H30N6O3S. The first kappa shape index (κ1) is 24.0. The summed E-state index contributed by atoms with van der Waals surface area (Å²) in [6.07, 6.45) is 4.93. The number of carbonyl (C=O) groups is 1. The third kappa shape index (κ3) is 5.02. The van der Waals surface area contributed by atoms with Gasteiger partial charge in [-0.05, 0) is 57.9 Å². The maximum atomic E-state index is 13.2. The second kappa shape index (κ2) is 9.63. The van der Waals surface area contributed by atoms with Crippen LogP contribution in [-0.2, 0) is 10.0 Å². The van der Waals surface area contributed by atoms with Crippen LogP contribution in [0, 0.1) is 20.8 Å². The first-order valence-electron chi connectivity index (χ1n) is 11.4. The van der Waals surface area contributed by atoms with Crippen molar-refractivity contribution in [2.45, 2.75) is 63.8 Å². The van der Waals surface area contributed by atoms with Crippen LogP contribution in [0.2, 0.25) is 0 Å². The van der Waals surface area contributed by atoms with Gasteiger partial charge in [-0.15, -0.1) is 0 Å². The second-order valence-electron chi connectivity index (χ2n) is 8.83. The maximum absolute atomic E-state index is 13.2. The third-order valence-corrected chi connectivity index (χ3v) is 8.00. The van der Waals surface area contributed by atoms with Crippen LogP contribution < -0.4 is 5.32 Å². The Kier molecular flexibility index (Phi) is 6.81. The highest BCUT2D eigenvalue weighted by atomic mass is 32.2. The Bertz CT molecular complexity index is 1290. The Balaban J connectivity index is 1.59. The van der Waals surface area contributed by atoms with Crippen molar-refractivity contribution in [2.24, 2.45) is 0 Å².